The van der Waals surface area contributed by atoms with E-state index in [2.05, 4.69) is 17.0 Å². The Morgan fingerprint density at radius 2 is 1.37 bits per heavy atom. The van der Waals surface area contributed by atoms with E-state index >= 15 is 0 Å². The molecule has 0 aromatic heterocycles. The van der Waals surface area contributed by atoms with Crippen LogP contribution in [0.25, 0.3) is 0 Å². The lowest BCUT2D eigenvalue weighted by molar-refractivity contribution is -0.139. The smallest absolute Gasteiger partial charge is 0.340 e. The Kier molecular flexibility index (Phi) is 10.8. The molecule has 0 N–H and O–H groups in total. The van der Waals surface area contributed by atoms with Crippen LogP contribution in [0.15, 0.2) is 53.8 Å². The molecule has 1 aromatic carbocycles. The van der Waals surface area contributed by atoms with Gasteiger partial charge in [-0.05, 0) is 24.8 Å². The molecule has 0 spiro atoms. The predicted molar refractivity (Wildman–Crippen MR) is 119 cm³/mol. The quantitative estimate of drug-likeness (QED) is 0.638. The van der Waals surface area contributed by atoms with Crippen LogP contribution in [-0.4, -0.2) is 37.6 Å². The lowest BCUT2D eigenvalue weighted by Crippen LogP contribution is -2.23. The van der Waals surface area contributed by atoms with Crippen LogP contribution in [0.1, 0.15) is 63.4 Å². The van der Waals surface area contributed by atoms with Crippen molar-refractivity contribution in [1.29, 1.82) is 0 Å². The number of carbonyl (C=O) groups is 2. The number of esters is 2. The van der Waals surface area contributed by atoms with Crippen molar-refractivity contribution in [1.82, 2.24) is 4.90 Å². The summed E-state index contributed by atoms with van der Waals surface area (Å²) in [6.07, 6.45) is 13.6. The summed E-state index contributed by atoms with van der Waals surface area (Å²) in [6.45, 7) is 1.47. The topological polar surface area (TPSA) is 55.8 Å². The van der Waals surface area contributed by atoms with Crippen molar-refractivity contribution in [3.63, 3.8) is 0 Å². The highest BCUT2D eigenvalue weighted by atomic mass is 16.5. The molecule has 5 nitrogen and oxygen atoms in total. The fourth-order valence-corrected chi connectivity index (χ4v) is 3.71. The lowest BCUT2D eigenvalue weighted by atomic mass is 10.0. The molecule has 1 aromatic rings. The van der Waals surface area contributed by atoms with Crippen LogP contribution in [0.3, 0.4) is 0 Å². The molecule has 0 atom stereocenters. The Balaban J connectivity index is 2.38. The number of carbonyl (C=O) groups excluding carboxylic acids is 2. The number of benzene rings is 1. The van der Waals surface area contributed by atoms with Crippen molar-refractivity contribution in [2.45, 2.75) is 64.3 Å². The summed E-state index contributed by atoms with van der Waals surface area (Å²) in [5.74, 6) is -1.02. The zero-order valence-electron chi connectivity index (χ0n) is 18.4. The van der Waals surface area contributed by atoms with E-state index in [0.717, 1.165) is 44.2 Å². The van der Waals surface area contributed by atoms with E-state index in [0.29, 0.717) is 6.54 Å². The van der Waals surface area contributed by atoms with Gasteiger partial charge < -0.3 is 14.4 Å². The van der Waals surface area contributed by atoms with Crippen molar-refractivity contribution >= 4 is 11.9 Å². The Morgan fingerprint density at radius 1 is 0.800 bits per heavy atom. The molecule has 1 heterocycles. The number of nitrogens with zero attached hydrogens (tertiary/aromatic N) is 1. The second kappa shape index (κ2) is 13.6. The van der Waals surface area contributed by atoms with Gasteiger partial charge in [-0.3, -0.25) is 0 Å². The van der Waals surface area contributed by atoms with Gasteiger partial charge in [0.15, 0.2) is 0 Å². The molecule has 1 aliphatic heterocycles. The largest absolute Gasteiger partial charge is 0.465 e. The highest BCUT2D eigenvalue weighted by Gasteiger charge is 2.23. The van der Waals surface area contributed by atoms with Gasteiger partial charge >= 0.3 is 11.9 Å². The van der Waals surface area contributed by atoms with Crippen molar-refractivity contribution in [2.24, 2.45) is 0 Å². The van der Waals surface area contributed by atoms with Crippen molar-refractivity contribution in [3.05, 3.63) is 59.3 Å². The van der Waals surface area contributed by atoms with Crippen molar-refractivity contribution in [3.8, 4) is 0 Å². The normalized spacial score (nSPS) is 20.5. The van der Waals surface area contributed by atoms with Crippen LogP contribution in [0.2, 0.25) is 0 Å². The molecule has 2 rings (SSSR count). The van der Waals surface area contributed by atoms with E-state index < -0.39 is 11.9 Å². The van der Waals surface area contributed by atoms with Gasteiger partial charge in [0.25, 0.3) is 0 Å². The first-order chi connectivity index (χ1) is 14.7. The maximum atomic E-state index is 12.6. The van der Waals surface area contributed by atoms with E-state index in [9.17, 15) is 9.59 Å². The molecular weight excluding hydrogens is 378 g/mol. The summed E-state index contributed by atoms with van der Waals surface area (Å²) in [6, 6.07) is 10.1. The molecule has 0 saturated carbocycles. The van der Waals surface area contributed by atoms with Gasteiger partial charge in [0.05, 0.1) is 25.4 Å². The molecule has 30 heavy (non-hydrogen) atoms. The van der Waals surface area contributed by atoms with Gasteiger partial charge in [0, 0.05) is 19.3 Å². The first kappa shape index (κ1) is 23.7. The van der Waals surface area contributed by atoms with Crippen molar-refractivity contribution < 1.29 is 19.1 Å². The third-order valence-corrected chi connectivity index (χ3v) is 5.39. The van der Waals surface area contributed by atoms with E-state index in [4.69, 9.17) is 9.47 Å². The summed E-state index contributed by atoms with van der Waals surface area (Å²) in [5, 5.41) is 0. The second-order valence-electron chi connectivity index (χ2n) is 7.72. The minimum Gasteiger partial charge on any atom is -0.465 e. The Bertz CT molecular complexity index is 724. The first-order valence-corrected chi connectivity index (χ1v) is 11.0. The lowest BCUT2D eigenvalue weighted by Gasteiger charge is -2.22. The van der Waals surface area contributed by atoms with E-state index in [1.54, 1.807) is 6.20 Å². The molecular formula is C25H35NO4. The van der Waals surface area contributed by atoms with E-state index in [1.807, 2.05) is 24.3 Å². The van der Waals surface area contributed by atoms with Gasteiger partial charge in [-0.2, -0.15) is 0 Å². The summed E-state index contributed by atoms with van der Waals surface area (Å²) >= 11 is 0. The average molecular weight is 414 g/mol. The maximum Gasteiger partial charge on any atom is 0.340 e. The van der Waals surface area contributed by atoms with Crippen molar-refractivity contribution in [2.75, 3.05) is 20.8 Å². The molecule has 0 aliphatic carbocycles. The molecule has 0 amide bonds. The van der Waals surface area contributed by atoms with Crippen LogP contribution in [0, 0.1) is 0 Å². The monoisotopic (exact) mass is 413 g/mol. The molecule has 0 fully saturated rings. The molecule has 0 radical (unpaired) electrons. The number of hydrogen-bond acceptors (Lipinski definition) is 5. The molecule has 0 saturated heterocycles. The fourth-order valence-electron chi connectivity index (χ4n) is 3.71. The Labute approximate surface area is 180 Å². The van der Waals surface area contributed by atoms with Crippen LogP contribution in [-0.2, 0) is 25.6 Å². The zero-order valence-corrected chi connectivity index (χ0v) is 18.4. The number of methoxy groups -OCH3 is 2. The zero-order chi connectivity index (χ0) is 21.6. The van der Waals surface area contributed by atoms with Crippen LogP contribution < -0.4 is 0 Å². The molecule has 0 unspecified atom stereocenters. The summed E-state index contributed by atoms with van der Waals surface area (Å²) in [7, 11) is 2.68. The average Bonchev–Trinajstić information content (AvgIpc) is 2.78. The summed E-state index contributed by atoms with van der Waals surface area (Å²) in [5.41, 5.74) is 1.70. The van der Waals surface area contributed by atoms with Gasteiger partial charge in [0.1, 0.15) is 0 Å². The second-order valence-corrected chi connectivity index (χ2v) is 7.72. The Morgan fingerprint density at radius 3 is 2.00 bits per heavy atom. The summed E-state index contributed by atoms with van der Waals surface area (Å²) in [4.78, 5) is 27.2. The van der Waals surface area contributed by atoms with Crippen LogP contribution >= 0.6 is 0 Å². The van der Waals surface area contributed by atoms with Crippen LogP contribution in [0.4, 0.5) is 0 Å². The predicted octanol–water partition coefficient (Wildman–Crippen LogP) is 5.17. The molecule has 164 valence electrons. The van der Waals surface area contributed by atoms with Gasteiger partial charge in [-0.25, -0.2) is 9.59 Å². The fraction of sp³-hybridized carbons (Fsp3) is 0.520. The standard InChI is InChI=1S/C25H35NO4/c1-29-24(27)22-17-13-8-6-4-3-5-7-9-14-18-26(20-23(22)25(28)30-2)19-21-15-11-10-12-16-21/h10-12,15-17,20H,3-9,13-14,18-19H2,1-2H3/b22-17+,23-20+. The first-order valence-electron chi connectivity index (χ1n) is 11.0. The number of ether oxygens (including phenoxy) is 2. The third-order valence-electron chi connectivity index (χ3n) is 5.39. The maximum absolute atomic E-state index is 12.6. The highest BCUT2D eigenvalue weighted by Crippen LogP contribution is 2.20. The summed E-state index contributed by atoms with van der Waals surface area (Å²) < 4.78 is 10.0. The third kappa shape index (κ3) is 8.05. The SMILES string of the molecule is COC(=O)C1=C/CCCCCCCCCCN(Cc2ccccc2)/C=C\1C(=O)OC. The number of allylic oxidation sites excluding steroid dienone is 1. The minimum absolute atomic E-state index is 0.259. The van der Waals surface area contributed by atoms with Gasteiger partial charge in [0.2, 0.25) is 0 Å². The van der Waals surface area contributed by atoms with Gasteiger partial charge in [-0.1, -0.05) is 74.9 Å². The molecule has 5 heteroatoms. The minimum atomic E-state index is -0.519. The molecule has 1 aliphatic rings. The molecule has 0 bridgehead atoms. The van der Waals surface area contributed by atoms with E-state index in [-0.39, 0.29) is 11.1 Å². The van der Waals surface area contributed by atoms with Gasteiger partial charge in [-0.15, -0.1) is 0 Å². The number of rotatable bonds is 4. The highest BCUT2D eigenvalue weighted by molar-refractivity contribution is 6.06. The van der Waals surface area contributed by atoms with E-state index in [1.165, 1.54) is 39.9 Å². The number of hydrogen-bond donors (Lipinski definition) is 0. The Hall–Kier alpha value is -2.56. The van der Waals surface area contributed by atoms with Crippen LogP contribution in [0.5, 0.6) is 0 Å².